The van der Waals surface area contributed by atoms with Crippen LogP contribution >= 0.6 is 0 Å². The van der Waals surface area contributed by atoms with Gasteiger partial charge in [0.1, 0.15) is 0 Å². The summed E-state index contributed by atoms with van der Waals surface area (Å²) in [5.74, 6) is -0.0827. The van der Waals surface area contributed by atoms with Crippen molar-refractivity contribution in [3.63, 3.8) is 0 Å². The molecule has 0 heterocycles. The minimum absolute atomic E-state index is 0.0406. The number of fused-ring (bicyclic) bond motifs is 4. The van der Waals surface area contributed by atoms with Crippen molar-refractivity contribution in [2.75, 3.05) is 14.1 Å². The van der Waals surface area contributed by atoms with E-state index in [4.69, 9.17) is 9.47 Å². The third kappa shape index (κ3) is 8.56. The maximum Gasteiger partial charge on any atom is 0.255 e. The summed E-state index contributed by atoms with van der Waals surface area (Å²) >= 11 is 0. The van der Waals surface area contributed by atoms with Gasteiger partial charge in [0, 0.05) is 27.2 Å². The van der Waals surface area contributed by atoms with Crippen LogP contribution in [0.15, 0.2) is 176 Å². The van der Waals surface area contributed by atoms with Crippen molar-refractivity contribution in [2.45, 2.75) is 46.4 Å². The number of hydrogen-bond acceptors (Lipinski definition) is 4. The molecule has 0 fully saturated rings. The van der Waals surface area contributed by atoms with Crippen LogP contribution < -0.4 is 0 Å². The van der Waals surface area contributed by atoms with Crippen LogP contribution in [-0.2, 0) is 49.0 Å². The van der Waals surface area contributed by atoms with Crippen LogP contribution in [0.4, 0.5) is 0 Å². The highest BCUT2D eigenvalue weighted by Crippen LogP contribution is 2.36. The Bertz CT molecular complexity index is 2990. The maximum atomic E-state index is 14.6. The predicted molar refractivity (Wildman–Crippen MR) is 256 cm³/mol. The molecular formula is C57H50N2O4. The molecule has 0 spiro atoms. The Balaban J connectivity index is 0.935. The predicted octanol–water partition coefficient (Wildman–Crippen LogP) is 12.6. The van der Waals surface area contributed by atoms with Crippen LogP contribution in [-0.4, -0.2) is 35.7 Å². The van der Waals surface area contributed by atoms with Crippen LogP contribution in [0.25, 0.3) is 43.1 Å². The van der Waals surface area contributed by atoms with Crippen molar-refractivity contribution in [3.8, 4) is 0 Å². The van der Waals surface area contributed by atoms with E-state index < -0.39 is 0 Å². The molecule has 2 amide bonds. The molecule has 0 aliphatic rings. The molecular weight excluding hydrogens is 777 g/mol. The molecule has 0 aliphatic carbocycles. The Kier molecular flexibility index (Phi) is 12.1. The summed E-state index contributed by atoms with van der Waals surface area (Å²) in [4.78, 5) is 32.8. The SMILES string of the molecule is Cc1cc(CN(C)C(=O)c2c3ccccc3c(COCc3ccccc3)c3ccccc23)ccc1CN(C)C(=O)c1c2ccccc2c(COCc2ccccc2)c2ccccc12. The lowest BCUT2D eigenvalue weighted by molar-refractivity contribution is 0.0780. The number of rotatable bonds is 14. The molecule has 0 N–H and O–H groups in total. The number of amides is 2. The van der Waals surface area contributed by atoms with E-state index in [2.05, 4.69) is 73.7 Å². The Morgan fingerprint density at radius 2 is 0.746 bits per heavy atom. The van der Waals surface area contributed by atoms with Gasteiger partial charge in [-0.3, -0.25) is 9.59 Å². The van der Waals surface area contributed by atoms with Crippen molar-refractivity contribution in [3.05, 3.63) is 226 Å². The van der Waals surface area contributed by atoms with Gasteiger partial charge >= 0.3 is 0 Å². The Morgan fingerprint density at radius 1 is 0.397 bits per heavy atom. The van der Waals surface area contributed by atoms with E-state index >= 15 is 0 Å². The molecule has 312 valence electrons. The van der Waals surface area contributed by atoms with Crippen molar-refractivity contribution in [1.82, 2.24) is 9.80 Å². The molecule has 63 heavy (non-hydrogen) atoms. The lowest BCUT2D eigenvalue weighted by atomic mass is 9.91. The molecule has 9 rings (SSSR count). The van der Waals surface area contributed by atoms with Gasteiger partial charge in [0.25, 0.3) is 11.8 Å². The van der Waals surface area contributed by atoms with Gasteiger partial charge < -0.3 is 19.3 Å². The fourth-order valence-electron chi connectivity index (χ4n) is 8.99. The van der Waals surface area contributed by atoms with E-state index in [1.165, 1.54) is 0 Å². The molecule has 0 saturated heterocycles. The lowest BCUT2D eigenvalue weighted by Gasteiger charge is -2.23. The fourth-order valence-corrected chi connectivity index (χ4v) is 8.99. The number of carbonyl (C=O) groups is 2. The van der Waals surface area contributed by atoms with Gasteiger partial charge in [0.05, 0.1) is 37.6 Å². The van der Waals surface area contributed by atoms with Crippen molar-refractivity contribution in [1.29, 1.82) is 0 Å². The second-order valence-corrected chi connectivity index (χ2v) is 16.4. The van der Waals surface area contributed by atoms with Crippen LogP contribution in [0.1, 0.15) is 59.7 Å². The number of carbonyl (C=O) groups excluding carboxylic acids is 2. The third-order valence-corrected chi connectivity index (χ3v) is 12.2. The fraction of sp³-hybridized carbons (Fsp3) is 0.158. The molecule has 0 saturated carbocycles. The molecule has 0 aromatic heterocycles. The number of aryl methyl sites for hydroxylation is 1. The van der Waals surface area contributed by atoms with E-state index in [-0.39, 0.29) is 11.8 Å². The maximum absolute atomic E-state index is 14.6. The average molecular weight is 827 g/mol. The molecule has 0 aliphatic heterocycles. The number of nitrogens with zero attached hydrogens (tertiary/aromatic N) is 2. The zero-order chi connectivity index (χ0) is 43.3. The second kappa shape index (κ2) is 18.5. The number of ether oxygens (including phenoxy) is 2. The highest BCUT2D eigenvalue weighted by molar-refractivity contribution is 6.20. The minimum Gasteiger partial charge on any atom is -0.372 e. The van der Waals surface area contributed by atoms with E-state index in [1.807, 2.05) is 128 Å². The summed E-state index contributed by atoms with van der Waals surface area (Å²) in [5.41, 5.74) is 8.90. The zero-order valence-corrected chi connectivity index (χ0v) is 36.0. The van der Waals surface area contributed by atoms with Gasteiger partial charge in [0.15, 0.2) is 0 Å². The first-order valence-corrected chi connectivity index (χ1v) is 21.5. The number of hydrogen-bond donors (Lipinski definition) is 0. The summed E-state index contributed by atoms with van der Waals surface area (Å²) in [6, 6.07) is 59.3. The molecule has 0 radical (unpaired) electrons. The summed E-state index contributed by atoms with van der Waals surface area (Å²) < 4.78 is 12.5. The van der Waals surface area contributed by atoms with Gasteiger partial charge in [-0.05, 0) is 89.0 Å². The molecule has 9 aromatic rings. The van der Waals surface area contributed by atoms with E-state index in [9.17, 15) is 9.59 Å². The average Bonchev–Trinajstić information content (AvgIpc) is 3.32. The normalized spacial score (nSPS) is 11.4. The molecule has 9 aromatic carbocycles. The molecule has 0 atom stereocenters. The summed E-state index contributed by atoms with van der Waals surface area (Å²) in [6.45, 7) is 4.81. The first-order valence-electron chi connectivity index (χ1n) is 21.5. The first-order chi connectivity index (χ1) is 30.9. The zero-order valence-electron chi connectivity index (χ0n) is 36.0. The lowest BCUT2D eigenvalue weighted by Crippen LogP contribution is -2.28. The van der Waals surface area contributed by atoms with Gasteiger partial charge in [-0.15, -0.1) is 0 Å². The van der Waals surface area contributed by atoms with Crippen LogP contribution in [0.5, 0.6) is 0 Å². The topological polar surface area (TPSA) is 59.1 Å². The summed E-state index contributed by atoms with van der Waals surface area (Å²) in [5, 5.41) is 7.73. The molecule has 0 unspecified atom stereocenters. The van der Waals surface area contributed by atoms with Crippen molar-refractivity contribution in [2.24, 2.45) is 0 Å². The smallest absolute Gasteiger partial charge is 0.255 e. The van der Waals surface area contributed by atoms with Crippen LogP contribution in [0.3, 0.4) is 0 Å². The van der Waals surface area contributed by atoms with Gasteiger partial charge in [-0.1, -0.05) is 176 Å². The number of benzene rings is 9. The summed E-state index contributed by atoms with van der Waals surface area (Å²) in [7, 11) is 3.74. The Hall–Kier alpha value is -7.12. The van der Waals surface area contributed by atoms with Gasteiger partial charge in [-0.25, -0.2) is 0 Å². The van der Waals surface area contributed by atoms with E-state index in [1.54, 1.807) is 4.90 Å². The quantitative estimate of drug-likeness (QED) is 0.102. The Labute approximate surface area is 368 Å². The van der Waals surface area contributed by atoms with Crippen LogP contribution in [0.2, 0.25) is 0 Å². The van der Waals surface area contributed by atoms with Crippen LogP contribution in [0, 0.1) is 6.92 Å². The highest BCUT2D eigenvalue weighted by Gasteiger charge is 2.24. The monoisotopic (exact) mass is 826 g/mol. The summed E-state index contributed by atoms with van der Waals surface area (Å²) in [6.07, 6.45) is 0. The largest absolute Gasteiger partial charge is 0.372 e. The van der Waals surface area contributed by atoms with Crippen molar-refractivity contribution < 1.29 is 19.1 Å². The third-order valence-electron chi connectivity index (χ3n) is 12.2. The Morgan fingerprint density at radius 3 is 1.13 bits per heavy atom. The van der Waals surface area contributed by atoms with Crippen molar-refractivity contribution >= 4 is 54.9 Å². The van der Waals surface area contributed by atoms with E-state index in [0.29, 0.717) is 50.6 Å². The first kappa shape index (κ1) is 41.2. The second-order valence-electron chi connectivity index (χ2n) is 16.4. The van der Waals surface area contributed by atoms with Gasteiger partial charge in [0.2, 0.25) is 0 Å². The van der Waals surface area contributed by atoms with E-state index in [0.717, 1.165) is 82.0 Å². The highest BCUT2D eigenvalue weighted by atomic mass is 16.5. The molecule has 0 bridgehead atoms. The molecule has 6 nitrogen and oxygen atoms in total. The standard InChI is InChI=1S/C57H50N2O4/c1-39-32-42(33-58(2)56(60)54-48-26-14-10-22-44(48)52(45-23-11-15-27-49(45)54)37-62-35-40-18-6-4-7-19-40)30-31-43(39)34-59(3)57(61)55-50-28-16-12-24-46(50)53(47-25-13-17-29-51(47)55)38-63-36-41-20-8-5-9-21-41/h4-32H,33-38H2,1-3H3. The minimum atomic E-state index is -0.0422. The molecule has 6 heteroatoms. The van der Waals surface area contributed by atoms with Gasteiger partial charge in [-0.2, -0.15) is 0 Å².